The molecule has 7 heteroatoms. The van der Waals surface area contributed by atoms with Gasteiger partial charge < -0.3 is 19.7 Å². The molecule has 7 nitrogen and oxygen atoms in total. The number of methoxy groups -OCH3 is 1. The van der Waals surface area contributed by atoms with Crippen molar-refractivity contribution in [2.24, 2.45) is 0 Å². The van der Waals surface area contributed by atoms with Crippen molar-refractivity contribution >= 4 is 11.8 Å². The number of aromatic nitrogens is 1. The summed E-state index contributed by atoms with van der Waals surface area (Å²) in [4.78, 5) is 30.4. The van der Waals surface area contributed by atoms with Crippen LogP contribution >= 0.6 is 0 Å². The van der Waals surface area contributed by atoms with Crippen LogP contribution in [0.1, 0.15) is 40.6 Å². The second kappa shape index (κ2) is 10.9. The monoisotopic (exact) mass is 385 g/mol. The minimum absolute atomic E-state index is 0.189. The Bertz CT molecular complexity index is 777. The van der Waals surface area contributed by atoms with Crippen molar-refractivity contribution < 1.29 is 19.1 Å². The first-order valence-electron chi connectivity index (χ1n) is 9.31. The van der Waals surface area contributed by atoms with Crippen LogP contribution in [0.5, 0.6) is 11.5 Å². The summed E-state index contributed by atoms with van der Waals surface area (Å²) < 4.78 is 10.7. The van der Waals surface area contributed by atoms with Gasteiger partial charge in [0.1, 0.15) is 23.8 Å². The Morgan fingerprint density at radius 3 is 2.54 bits per heavy atom. The number of nitrogens with zero attached hydrogens (tertiary/aromatic N) is 2. The summed E-state index contributed by atoms with van der Waals surface area (Å²) in [5, 5.41) is 2.78. The van der Waals surface area contributed by atoms with Crippen LogP contribution in [0.25, 0.3) is 0 Å². The van der Waals surface area contributed by atoms with Crippen molar-refractivity contribution in [2.45, 2.75) is 19.8 Å². The van der Waals surface area contributed by atoms with E-state index < -0.39 is 0 Å². The lowest BCUT2D eigenvalue weighted by Gasteiger charge is -2.16. The van der Waals surface area contributed by atoms with Gasteiger partial charge in [-0.1, -0.05) is 13.3 Å². The normalized spacial score (nSPS) is 10.2. The molecule has 0 unspecified atom stereocenters. The average molecular weight is 385 g/mol. The number of nitrogens with one attached hydrogen (secondary N) is 1. The van der Waals surface area contributed by atoms with E-state index >= 15 is 0 Å². The highest BCUT2D eigenvalue weighted by Gasteiger charge is 2.15. The molecule has 0 saturated carbocycles. The SMILES string of the molecule is CCCCN(C)C(=O)c1cc(C(=O)NCCOc2ccc(OC)cc2)ccn1. The fourth-order valence-corrected chi connectivity index (χ4v) is 2.49. The Morgan fingerprint density at radius 1 is 1.14 bits per heavy atom. The van der Waals surface area contributed by atoms with E-state index in [1.165, 1.54) is 12.3 Å². The zero-order valence-corrected chi connectivity index (χ0v) is 16.6. The highest BCUT2D eigenvalue weighted by atomic mass is 16.5. The van der Waals surface area contributed by atoms with Crippen molar-refractivity contribution in [1.29, 1.82) is 0 Å². The van der Waals surface area contributed by atoms with E-state index in [1.54, 1.807) is 49.4 Å². The molecule has 1 aromatic carbocycles. The van der Waals surface area contributed by atoms with Gasteiger partial charge in [-0.05, 0) is 42.8 Å². The third kappa shape index (κ3) is 6.26. The number of rotatable bonds is 10. The van der Waals surface area contributed by atoms with E-state index in [1.807, 2.05) is 0 Å². The third-order valence-electron chi connectivity index (χ3n) is 4.15. The lowest BCUT2D eigenvalue weighted by atomic mass is 10.2. The van der Waals surface area contributed by atoms with Crippen LogP contribution in [0.3, 0.4) is 0 Å². The molecule has 0 saturated heterocycles. The van der Waals surface area contributed by atoms with Crippen LogP contribution in [-0.4, -0.2) is 55.6 Å². The molecule has 2 rings (SSSR count). The zero-order valence-electron chi connectivity index (χ0n) is 16.6. The standard InChI is InChI=1S/C21H27N3O4/c1-4-5-13-24(2)21(26)19-15-16(10-11-22-19)20(25)23-12-14-28-18-8-6-17(27-3)7-9-18/h6-11,15H,4-5,12-14H2,1-3H3,(H,23,25). The van der Waals surface area contributed by atoms with Crippen LogP contribution in [0.15, 0.2) is 42.6 Å². The van der Waals surface area contributed by atoms with Gasteiger partial charge in [-0.25, -0.2) is 0 Å². The van der Waals surface area contributed by atoms with E-state index in [-0.39, 0.29) is 17.5 Å². The van der Waals surface area contributed by atoms with E-state index in [4.69, 9.17) is 9.47 Å². The van der Waals surface area contributed by atoms with Crippen LogP contribution in [0.4, 0.5) is 0 Å². The summed E-state index contributed by atoms with van der Waals surface area (Å²) in [7, 11) is 3.34. The fraction of sp³-hybridized carbons (Fsp3) is 0.381. The average Bonchev–Trinajstić information content (AvgIpc) is 2.74. The molecule has 0 aliphatic heterocycles. The van der Waals surface area contributed by atoms with Crippen molar-refractivity contribution in [3.63, 3.8) is 0 Å². The summed E-state index contributed by atoms with van der Waals surface area (Å²) in [5.41, 5.74) is 0.660. The summed E-state index contributed by atoms with van der Waals surface area (Å²) in [5.74, 6) is 0.989. The van der Waals surface area contributed by atoms with Gasteiger partial charge in [0.05, 0.1) is 13.7 Å². The molecule has 2 amide bonds. The highest BCUT2D eigenvalue weighted by molar-refractivity contribution is 5.98. The Balaban J connectivity index is 1.84. The molecule has 1 aromatic heterocycles. The van der Waals surface area contributed by atoms with E-state index in [0.29, 0.717) is 31.0 Å². The number of unbranched alkanes of at least 4 members (excludes halogenated alkanes) is 1. The van der Waals surface area contributed by atoms with Gasteiger partial charge in [0.15, 0.2) is 0 Å². The predicted octanol–water partition coefficient (Wildman–Crippen LogP) is 2.77. The lowest BCUT2D eigenvalue weighted by molar-refractivity contribution is 0.0787. The smallest absolute Gasteiger partial charge is 0.272 e. The molecule has 0 atom stereocenters. The Hall–Kier alpha value is -3.09. The number of benzene rings is 1. The third-order valence-corrected chi connectivity index (χ3v) is 4.15. The topological polar surface area (TPSA) is 80.8 Å². The van der Waals surface area contributed by atoms with Gasteiger partial charge in [-0.15, -0.1) is 0 Å². The quantitative estimate of drug-likeness (QED) is 0.636. The maximum absolute atomic E-state index is 12.4. The molecule has 0 spiro atoms. The molecule has 1 N–H and O–H groups in total. The number of pyridine rings is 1. The molecule has 0 fully saturated rings. The molecule has 2 aromatic rings. The summed E-state index contributed by atoms with van der Waals surface area (Å²) in [6, 6.07) is 10.3. The van der Waals surface area contributed by atoms with Gasteiger partial charge in [0.25, 0.3) is 11.8 Å². The summed E-state index contributed by atoms with van der Waals surface area (Å²) in [6.07, 6.45) is 3.41. The molecule has 28 heavy (non-hydrogen) atoms. The molecule has 0 aliphatic carbocycles. The number of hydrogen-bond acceptors (Lipinski definition) is 5. The molecule has 0 aliphatic rings. The Morgan fingerprint density at radius 2 is 1.86 bits per heavy atom. The molecular weight excluding hydrogens is 358 g/mol. The van der Waals surface area contributed by atoms with Gasteiger partial charge in [-0.3, -0.25) is 14.6 Å². The second-order valence-electron chi connectivity index (χ2n) is 6.29. The van der Waals surface area contributed by atoms with Crippen LogP contribution in [0.2, 0.25) is 0 Å². The van der Waals surface area contributed by atoms with E-state index in [2.05, 4.69) is 17.2 Å². The van der Waals surface area contributed by atoms with Crippen molar-refractivity contribution in [3.05, 3.63) is 53.9 Å². The Labute approximate surface area is 165 Å². The predicted molar refractivity (Wildman–Crippen MR) is 107 cm³/mol. The molecule has 0 bridgehead atoms. The van der Waals surface area contributed by atoms with Crippen molar-refractivity contribution in [1.82, 2.24) is 15.2 Å². The van der Waals surface area contributed by atoms with Crippen LogP contribution in [-0.2, 0) is 0 Å². The largest absolute Gasteiger partial charge is 0.497 e. The van der Waals surface area contributed by atoms with Crippen molar-refractivity contribution in [3.8, 4) is 11.5 Å². The zero-order chi connectivity index (χ0) is 20.4. The molecule has 0 radical (unpaired) electrons. The summed E-state index contributed by atoms with van der Waals surface area (Å²) >= 11 is 0. The lowest BCUT2D eigenvalue weighted by Crippen LogP contribution is -2.30. The summed E-state index contributed by atoms with van der Waals surface area (Å²) in [6.45, 7) is 3.40. The minimum Gasteiger partial charge on any atom is -0.497 e. The van der Waals surface area contributed by atoms with Crippen molar-refractivity contribution in [2.75, 3.05) is 33.9 Å². The van der Waals surface area contributed by atoms with Gasteiger partial charge in [-0.2, -0.15) is 0 Å². The number of ether oxygens (including phenoxy) is 2. The number of hydrogen-bond donors (Lipinski definition) is 1. The number of carbonyl (C=O) groups excluding carboxylic acids is 2. The van der Waals surface area contributed by atoms with Crippen LogP contribution in [0, 0.1) is 0 Å². The highest BCUT2D eigenvalue weighted by Crippen LogP contribution is 2.16. The Kier molecular flexibility index (Phi) is 8.27. The molecular formula is C21H27N3O4. The maximum Gasteiger partial charge on any atom is 0.272 e. The second-order valence-corrected chi connectivity index (χ2v) is 6.29. The van der Waals surface area contributed by atoms with Crippen LogP contribution < -0.4 is 14.8 Å². The van der Waals surface area contributed by atoms with Gasteiger partial charge in [0, 0.05) is 25.4 Å². The van der Waals surface area contributed by atoms with E-state index in [9.17, 15) is 9.59 Å². The minimum atomic E-state index is -0.272. The molecule has 1 heterocycles. The fourth-order valence-electron chi connectivity index (χ4n) is 2.49. The first kappa shape index (κ1) is 21.2. The molecule has 150 valence electrons. The number of amides is 2. The van der Waals surface area contributed by atoms with Gasteiger partial charge in [0.2, 0.25) is 0 Å². The number of carbonyl (C=O) groups is 2. The van der Waals surface area contributed by atoms with E-state index in [0.717, 1.165) is 18.6 Å². The van der Waals surface area contributed by atoms with Gasteiger partial charge >= 0.3 is 0 Å². The first-order valence-corrected chi connectivity index (χ1v) is 9.31. The maximum atomic E-state index is 12.4. The first-order chi connectivity index (χ1) is 13.5.